The lowest BCUT2D eigenvalue weighted by Crippen LogP contribution is -2.43. The molecule has 0 saturated carbocycles. The number of nitrogens with zero attached hydrogens (tertiary/aromatic N) is 1. The second-order valence-corrected chi connectivity index (χ2v) is 11.5. The van der Waals surface area contributed by atoms with Crippen LogP contribution < -0.4 is 0 Å². The Morgan fingerprint density at radius 1 is 0.889 bits per heavy atom. The second-order valence-electron chi connectivity index (χ2n) is 8.45. The highest BCUT2D eigenvalue weighted by molar-refractivity contribution is 6.60. The molecule has 9 heteroatoms. The number of carbonyl (C=O) groups excluding carboxylic acids is 2. The first kappa shape index (κ1) is 34.2. The van der Waals surface area contributed by atoms with Gasteiger partial charge in [0.05, 0.1) is 6.42 Å². The van der Waals surface area contributed by atoms with Crippen molar-refractivity contribution in [3.05, 3.63) is 37.0 Å². The minimum Gasteiger partial charge on any atom is -0.461 e. The minimum atomic E-state index is -2.55. The van der Waals surface area contributed by atoms with Gasteiger partial charge in [0.1, 0.15) is 13.2 Å². The van der Waals surface area contributed by atoms with Crippen molar-refractivity contribution in [3.8, 4) is 0 Å². The summed E-state index contributed by atoms with van der Waals surface area (Å²) in [4.78, 5) is 25.6. The number of carbonyl (C=O) groups is 2. The normalized spacial score (nSPS) is 12.9. The van der Waals surface area contributed by atoms with Gasteiger partial charge in [0.2, 0.25) is 0 Å². The van der Waals surface area contributed by atoms with E-state index in [0.717, 1.165) is 51.2 Å². The first-order valence-electron chi connectivity index (χ1n) is 13.0. The van der Waals surface area contributed by atoms with Gasteiger partial charge in [-0.1, -0.05) is 44.2 Å². The van der Waals surface area contributed by atoms with Crippen molar-refractivity contribution in [3.63, 3.8) is 0 Å². The molecule has 0 spiro atoms. The molecule has 0 amide bonds. The Balaban J connectivity index is 4.07. The quantitative estimate of drug-likeness (QED) is 0.105. The van der Waals surface area contributed by atoms with Gasteiger partial charge in [0.15, 0.2) is 0 Å². The highest BCUT2D eigenvalue weighted by Gasteiger charge is 2.36. The van der Waals surface area contributed by atoms with Gasteiger partial charge in [0, 0.05) is 40.3 Å². The van der Waals surface area contributed by atoms with Crippen molar-refractivity contribution in [2.75, 3.05) is 54.2 Å². The first-order valence-corrected chi connectivity index (χ1v) is 14.9. The highest BCUT2D eigenvalue weighted by Crippen LogP contribution is 2.16. The van der Waals surface area contributed by atoms with Gasteiger partial charge < -0.3 is 27.7 Å². The topological polar surface area (TPSA) is 83.5 Å². The Bertz CT molecular complexity index is 642. The van der Waals surface area contributed by atoms with Crippen molar-refractivity contribution in [1.29, 1.82) is 0 Å². The van der Waals surface area contributed by atoms with E-state index in [4.69, 9.17) is 22.8 Å². The number of rotatable bonds is 23. The van der Waals surface area contributed by atoms with E-state index in [1.165, 1.54) is 0 Å². The molecule has 36 heavy (non-hydrogen) atoms. The van der Waals surface area contributed by atoms with E-state index in [2.05, 4.69) is 18.4 Å². The second kappa shape index (κ2) is 22.4. The van der Waals surface area contributed by atoms with Crippen LogP contribution in [0.3, 0.4) is 0 Å². The smallest absolute Gasteiger partial charge is 0.461 e. The van der Waals surface area contributed by atoms with E-state index in [-0.39, 0.29) is 18.5 Å². The van der Waals surface area contributed by atoms with E-state index < -0.39 is 8.80 Å². The zero-order chi connectivity index (χ0) is 27.1. The summed E-state index contributed by atoms with van der Waals surface area (Å²) in [5.41, 5.74) is 0. The Labute approximate surface area is 220 Å². The molecule has 0 rings (SSSR count). The van der Waals surface area contributed by atoms with Crippen LogP contribution in [0.5, 0.6) is 0 Å². The third-order valence-corrected chi connectivity index (χ3v) is 8.75. The van der Waals surface area contributed by atoms with Crippen LogP contribution in [-0.2, 0) is 32.3 Å². The van der Waals surface area contributed by atoms with E-state index in [0.29, 0.717) is 31.9 Å². The van der Waals surface area contributed by atoms with Crippen molar-refractivity contribution in [1.82, 2.24) is 4.90 Å². The van der Waals surface area contributed by atoms with Crippen LogP contribution >= 0.6 is 0 Å². The van der Waals surface area contributed by atoms with Crippen molar-refractivity contribution in [2.24, 2.45) is 5.92 Å². The monoisotopic (exact) mass is 527 g/mol. The predicted octanol–water partition coefficient (Wildman–Crippen LogP) is 4.94. The Hall–Kier alpha value is -1.78. The van der Waals surface area contributed by atoms with Gasteiger partial charge in [-0.3, -0.25) is 9.59 Å². The van der Waals surface area contributed by atoms with Crippen LogP contribution in [0.25, 0.3) is 0 Å². The van der Waals surface area contributed by atoms with E-state index in [1.54, 1.807) is 21.3 Å². The molecule has 0 aromatic carbocycles. The average Bonchev–Trinajstić information content (AvgIpc) is 2.89. The lowest BCUT2D eigenvalue weighted by molar-refractivity contribution is -0.143. The molecule has 0 fully saturated rings. The molecule has 0 aliphatic carbocycles. The van der Waals surface area contributed by atoms with Gasteiger partial charge in [0.25, 0.3) is 0 Å². The van der Waals surface area contributed by atoms with Crippen LogP contribution in [0.1, 0.15) is 58.8 Å². The number of esters is 2. The summed E-state index contributed by atoms with van der Waals surface area (Å²) in [6.07, 6.45) is 15.0. The lowest BCUT2D eigenvalue weighted by Gasteiger charge is -2.26. The van der Waals surface area contributed by atoms with Crippen molar-refractivity contribution < 1.29 is 32.3 Å². The first-order chi connectivity index (χ1) is 17.4. The largest absolute Gasteiger partial charge is 0.500 e. The summed E-state index contributed by atoms with van der Waals surface area (Å²) in [7, 11) is 2.31. The third kappa shape index (κ3) is 16.8. The maximum absolute atomic E-state index is 12.1. The molecule has 1 unspecified atom stereocenters. The fourth-order valence-corrected chi connectivity index (χ4v) is 5.25. The van der Waals surface area contributed by atoms with Gasteiger partial charge in [-0.2, -0.15) is 0 Å². The summed E-state index contributed by atoms with van der Waals surface area (Å²) in [6, 6.07) is 0.735. The zero-order valence-electron chi connectivity index (χ0n) is 23.2. The number of allylic oxidation sites excluding steroid dienone is 3. The van der Waals surface area contributed by atoms with Gasteiger partial charge >= 0.3 is 20.7 Å². The molecule has 0 bridgehead atoms. The Morgan fingerprint density at radius 3 is 2.06 bits per heavy atom. The average molecular weight is 528 g/mol. The maximum atomic E-state index is 12.1. The van der Waals surface area contributed by atoms with Crippen LogP contribution in [0.15, 0.2) is 37.0 Å². The van der Waals surface area contributed by atoms with E-state index in [1.807, 2.05) is 37.3 Å². The molecule has 0 N–H and O–H groups in total. The molecule has 0 aliphatic heterocycles. The summed E-state index contributed by atoms with van der Waals surface area (Å²) in [6.45, 7) is 10.9. The Kier molecular flexibility index (Phi) is 21.3. The standard InChI is InChI=1S/C27H49NO7Si/c1-7-16-26(29)34-22-13-10-11-17-25(8-2)18-12-14-23-35-27(30)19-21-28(9-3)20-15-24-36(31-4,32-5)33-6/h8,10,12-14,25H,2,7,9,11,15-24H2,1,3-6H3/b13-10+,14-12-. The summed E-state index contributed by atoms with van der Waals surface area (Å²) >= 11 is 0. The molecule has 1 atom stereocenters. The SMILES string of the molecule is C=CC(C/C=C\COC(=O)CCN(CC)CCC[Si](OC)(OC)OC)CC/C=C/COC(=O)CCC. The van der Waals surface area contributed by atoms with Gasteiger partial charge in [-0.15, -0.1) is 6.58 Å². The molecule has 208 valence electrons. The third-order valence-electron chi connectivity index (χ3n) is 5.91. The van der Waals surface area contributed by atoms with E-state index >= 15 is 0 Å². The predicted molar refractivity (Wildman–Crippen MR) is 146 cm³/mol. The molecule has 0 saturated heterocycles. The lowest BCUT2D eigenvalue weighted by atomic mass is 9.99. The van der Waals surface area contributed by atoms with Crippen molar-refractivity contribution in [2.45, 2.75) is 64.8 Å². The van der Waals surface area contributed by atoms with Gasteiger partial charge in [-0.25, -0.2) is 0 Å². The number of hydrogen-bond donors (Lipinski definition) is 0. The molecule has 8 nitrogen and oxygen atoms in total. The summed E-state index contributed by atoms with van der Waals surface area (Å²) < 4.78 is 26.8. The van der Waals surface area contributed by atoms with E-state index in [9.17, 15) is 9.59 Å². The zero-order valence-corrected chi connectivity index (χ0v) is 24.2. The fraction of sp³-hybridized carbons (Fsp3) is 0.704. The van der Waals surface area contributed by atoms with Crippen LogP contribution in [-0.4, -0.2) is 79.8 Å². The van der Waals surface area contributed by atoms with Crippen molar-refractivity contribution >= 4 is 20.7 Å². The molecule has 0 aromatic rings. The molecule has 0 aromatic heterocycles. The minimum absolute atomic E-state index is 0.153. The maximum Gasteiger partial charge on any atom is 0.500 e. The molecular formula is C27H49NO7Si. The Morgan fingerprint density at radius 2 is 1.50 bits per heavy atom. The fourth-order valence-electron chi connectivity index (χ4n) is 3.55. The summed E-state index contributed by atoms with van der Waals surface area (Å²) in [5.74, 6) is -0.00367. The number of hydrogen-bond acceptors (Lipinski definition) is 8. The van der Waals surface area contributed by atoms with Crippen LogP contribution in [0.4, 0.5) is 0 Å². The molecule has 0 heterocycles. The van der Waals surface area contributed by atoms with Crippen LogP contribution in [0, 0.1) is 5.92 Å². The summed E-state index contributed by atoms with van der Waals surface area (Å²) in [5, 5.41) is 0. The molecule has 0 radical (unpaired) electrons. The number of ether oxygens (including phenoxy) is 2. The van der Waals surface area contributed by atoms with Gasteiger partial charge in [-0.05, 0) is 51.1 Å². The highest BCUT2D eigenvalue weighted by atomic mass is 28.4. The van der Waals surface area contributed by atoms with Crippen LogP contribution in [0.2, 0.25) is 6.04 Å². The molecular weight excluding hydrogens is 478 g/mol. The molecule has 0 aliphatic rings.